The minimum atomic E-state index is -0.184. The van der Waals surface area contributed by atoms with Crippen LogP contribution in [0.15, 0.2) is 0 Å². The highest BCUT2D eigenvalue weighted by Crippen LogP contribution is 2.38. The predicted octanol–water partition coefficient (Wildman–Crippen LogP) is 1.21. The van der Waals surface area contributed by atoms with Gasteiger partial charge >= 0.3 is 0 Å². The van der Waals surface area contributed by atoms with E-state index < -0.39 is 0 Å². The average Bonchev–Trinajstić information content (AvgIpc) is 2.51. The van der Waals surface area contributed by atoms with E-state index in [2.05, 4.69) is 12.2 Å². The Balaban J connectivity index is 1.83. The molecule has 2 aliphatic carbocycles. The number of aliphatic hydroxyl groups is 1. The average molecular weight is 197 g/mol. The van der Waals surface area contributed by atoms with Crippen LogP contribution in [0.1, 0.15) is 45.4 Å². The van der Waals surface area contributed by atoms with E-state index in [-0.39, 0.29) is 23.5 Å². The minimum absolute atomic E-state index is 0.124. The molecule has 2 N–H and O–H groups in total. The fraction of sp³-hybridized carbons (Fsp3) is 0.909. The highest BCUT2D eigenvalue weighted by Gasteiger charge is 2.38. The van der Waals surface area contributed by atoms with Crippen molar-refractivity contribution >= 4 is 5.91 Å². The van der Waals surface area contributed by atoms with Gasteiger partial charge in [0.1, 0.15) is 0 Å². The van der Waals surface area contributed by atoms with Crippen LogP contribution in [0.25, 0.3) is 0 Å². The van der Waals surface area contributed by atoms with E-state index >= 15 is 0 Å². The Morgan fingerprint density at radius 2 is 1.93 bits per heavy atom. The molecule has 0 aromatic rings. The van der Waals surface area contributed by atoms with E-state index in [4.69, 9.17) is 5.11 Å². The summed E-state index contributed by atoms with van der Waals surface area (Å²) in [6.45, 7) is 2.06. The quantitative estimate of drug-likeness (QED) is 0.699. The summed E-state index contributed by atoms with van der Waals surface area (Å²) < 4.78 is 0. The minimum Gasteiger partial charge on any atom is -0.393 e. The Kier molecular flexibility index (Phi) is 2.52. The molecule has 0 spiro atoms. The van der Waals surface area contributed by atoms with Gasteiger partial charge in [0.05, 0.1) is 6.10 Å². The largest absolute Gasteiger partial charge is 0.393 e. The van der Waals surface area contributed by atoms with Crippen molar-refractivity contribution in [2.24, 2.45) is 5.41 Å². The summed E-state index contributed by atoms with van der Waals surface area (Å²) >= 11 is 0. The van der Waals surface area contributed by atoms with Crippen LogP contribution in [0.2, 0.25) is 0 Å². The normalized spacial score (nSPS) is 35.0. The van der Waals surface area contributed by atoms with Crippen LogP contribution < -0.4 is 5.32 Å². The first kappa shape index (κ1) is 9.97. The van der Waals surface area contributed by atoms with Crippen molar-refractivity contribution in [2.75, 3.05) is 0 Å². The van der Waals surface area contributed by atoms with Crippen molar-refractivity contribution in [1.29, 1.82) is 0 Å². The van der Waals surface area contributed by atoms with Gasteiger partial charge in [-0.1, -0.05) is 19.8 Å². The lowest BCUT2D eigenvalue weighted by atomic mass is 9.84. The van der Waals surface area contributed by atoms with Gasteiger partial charge in [0, 0.05) is 11.5 Å². The lowest BCUT2D eigenvalue weighted by Crippen LogP contribution is -2.50. The summed E-state index contributed by atoms with van der Waals surface area (Å²) in [5.41, 5.74) is -0.124. The van der Waals surface area contributed by atoms with Gasteiger partial charge in [-0.25, -0.2) is 0 Å². The first-order valence-corrected chi connectivity index (χ1v) is 5.59. The number of carbonyl (C=O) groups is 1. The van der Waals surface area contributed by atoms with E-state index in [0.29, 0.717) is 0 Å². The fourth-order valence-electron chi connectivity index (χ4n) is 2.45. The van der Waals surface area contributed by atoms with Crippen LogP contribution >= 0.6 is 0 Å². The maximum absolute atomic E-state index is 11.9. The molecule has 0 aliphatic heterocycles. The lowest BCUT2D eigenvalue weighted by molar-refractivity contribution is -0.132. The Hall–Kier alpha value is -0.570. The van der Waals surface area contributed by atoms with Gasteiger partial charge in [0.25, 0.3) is 0 Å². The first-order chi connectivity index (χ1) is 6.60. The number of aliphatic hydroxyl groups excluding tert-OH is 1. The van der Waals surface area contributed by atoms with Crippen LogP contribution in [-0.2, 0) is 4.79 Å². The Labute approximate surface area is 84.9 Å². The van der Waals surface area contributed by atoms with Crippen molar-refractivity contribution < 1.29 is 9.90 Å². The second kappa shape index (κ2) is 3.54. The summed E-state index contributed by atoms with van der Waals surface area (Å²) in [7, 11) is 0. The van der Waals surface area contributed by atoms with Crippen LogP contribution in [-0.4, -0.2) is 23.2 Å². The van der Waals surface area contributed by atoms with Gasteiger partial charge < -0.3 is 10.4 Å². The van der Waals surface area contributed by atoms with Crippen molar-refractivity contribution in [1.82, 2.24) is 5.32 Å². The standard InChI is InChI=1S/C11H19NO2/c1-11(4-2-3-5-11)10(14)12-8-6-9(13)7-8/h8-9,13H,2-7H2,1H3,(H,12,14). The maximum atomic E-state index is 11.9. The number of nitrogens with one attached hydrogen (secondary N) is 1. The summed E-state index contributed by atoms with van der Waals surface area (Å²) in [5, 5.41) is 12.1. The molecule has 0 heterocycles. The molecule has 0 aromatic heterocycles. The summed E-state index contributed by atoms with van der Waals surface area (Å²) in [4.78, 5) is 11.9. The van der Waals surface area contributed by atoms with E-state index in [1.165, 1.54) is 12.8 Å². The van der Waals surface area contributed by atoms with E-state index in [1.54, 1.807) is 0 Å². The van der Waals surface area contributed by atoms with Crippen LogP contribution in [0, 0.1) is 5.41 Å². The molecule has 0 radical (unpaired) electrons. The topological polar surface area (TPSA) is 49.3 Å². The summed E-state index contributed by atoms with van der Waals surface area (Å²) in [5.74, 6) is 0.201. The molecule has 80 valence electrons. The zero-order valence-electron chi connectivity index (χ0n) is 8.75. The third-order valence-electron chi connectivity index (χ3n) is 3.70. The number of hydrogen-bond donors (Lipinski definition) is 2. The van der Waals surface area contributed by atoms with Crippen LogP contribution in [0.4, 0.5) is 0 Å². The van der Waals surface area contributed by atoms with Gasteiger partial charge in [-0.15, -0.1) is 0 Å². The molecule has 2 fully saturated rings. The lowest BCUT2D eigenvalue weighted by Gasteiger charge is -2.35. The smallest absolute Gasteiger partial charge is 0.226 e. The molecule has 2 saturated carbocycles. The third kappa shape index (κ3) is 1.78. The third-order valence-corrected chi connectivity index (χ3v) is 3.70. The zero-order valence-corrected chi connectivity index (χ0v) is 8.75. The van der Waals surface area contributed by atoms with E-state index in [1.807, 2.05) is 0 Å². The predicted molar refractivity (Wildman–Crippen MR) is 53.7 cm³/mol. The second-order valence-corrected chi connectivity index (χ2v) is 5.06. The van der Waals surface area contributed by atoms with Gasteiger partial charge in [-0.05, 0) is 25.7 Å². The molecule has 1 amide bonds. The molecule has 0 unspecified atom stereocenters. The SMILES string of the molecule is CC1(C(=O)NC2CC(O)C2)CCCC1. The Morgan fingerprint density at radius 1 is 1.36 bits per heavy atom. The molecule has 3 nitrogen and oxygen atoms in total. The molecular weight excluding hydrogens is 178 g/mol. The number of carbonyl (C=O) groups excluding carboxylic acids is 1. The summed E-state index contributed by atoms with van der Waals surface area (Å²) in [6.07, 6.45) is 5.69. The number of hydrogen-bond acceptors (Lipinski definition) is 2. The molecule has 2 aliphatic rings. The second-order valence-electron chi connectivity index (χ2n) is 5.06. The Bertz CT molecular complexity index is 227. The molecular formula is C11H19NO2. The first-order valence-electron chi connectivity index (χ1n) is 5.59. The Morgan fingerprint density at radius 3 is 2.43 bits per heavy atom. The fourth-order valence-corrected chi connectivity index (χ4v) is 2.45. The van der Waals surface area contributed by atoms with Crippen molar-refractivity contribution in [3.63, 3.8) is 0 Å². The number of amides is 1. The molecule has 2 rings (SSSR count). The van der Waals surface area contributed by atoms with Crippen molar-refractivity contribution in [3.8, 4) is 0 Å². The highest BCUT2D eigenvalue weighted by molar-refractivity contribution is 5.82. The molecule has 0 atom stereocenters. The van der Waals surface area contributed by atoms with Gasteiger partial charge in [-0.3, -0.25) is 4.79 Å². The highest BCUT2D eigenvalue weighted by atomic mass is 16.3. The zero-order chi connectivity index (χ0) is 10.2. The number of rotatable bonds is 2. The molecule has 0 bridgehead atoms. The molecule has 3 heteroatoms. The monoisotopic (exact) mass is 197 g/mol. The van der Waals surface area contributed by atoms with Crippen molar-refractivity contribution in [3.05, 3.63) is 0 Å². The van der Waals surface area contributed by atoms with Gasteiger partial charge in [-0.2, -0.15) is 0 Å². The maximum Gasteiger partial charge on any atom is 0.226 e. The van der Waals surface area contributed by atoms with E-state index in [9.17, 15) is 4.79 Å². The van der Waals surface area contributed by atoms with Crippen LogP contribution in [0.3, 0.4) is 0 Å². The molecule has 0 aromatic carbocycles. The van der Waals surface area contributed by atoms with Gasteiger partial charge in [0.15, 0.2) is 0 Å². The van der Waals surface area contributed by atoms with E-state index in [0.717, 1.165) is 25.7 Å². The summed E-state index contributed by atoms with van der Waals surface area (Å²) in [6, 6.07) is 0.231. The molecule has 0 saturated heterocycles. The molecule has 14 heavy (non-hydrogen) atoms. The van der Waals surface area contributed by atoms with Gasteiger partial charge in [0.2, 0.25) is 5.91 Å². The van der Waals surface area contributed by atoms with Crippen LogP contribution in [0.5, 0.6) is 0 Å². The van der Waals surface area contributed by atoms with Crippen molar-refractivity contribution in [2.45, 2.75) is 57.6 Å².